The zero-order valence-electron chi connectivity index (χ0n) is 10.4. The maximum absolute atomic E-state index is 5.10. The molecule has 2 aromatic heterocycles. The largest absolute Gasteiger partial charge is 0.361 e. The molecule has 0 aliphatic heterocycles. The first-order chi connectivity index (χ1) is 8.18. The molecule has 17 heavy (non-hydrogen) atoms. The molecule has 0 amide bonds. The lowest BCUT2D eigenvalue weighted by Gasteiger charge is -2.03. The third kappa shape index (κ3) is 2.71. The monoisotopic (exact) mass is 235 g/mol. The van der Waals surface area contributed by atoms with Gasteiger partial charge in [0.1, 0.15) is 17.9 Å². The first kappa shape index (κ1) is 11.8. The van der Waals surface area contributed by atoms with Crippen LogP contribution < -0.4 is 5.32 Å². The van der Waals surface area contributed by atoms with Crippen LogP contribution in [0.5, 0.6) is 0 Å². The van der Waals surface area contributed by atoms with Gasteiger partial charge in [0, 0.05) is 32.1 Å². The molecule has 0 aromatic carbocycles. The third-order valence-electron chi connectivity index (χ3n) is 2.81. The quantitative estimate of drug-likeness (QED) is 0.775. The number of aryl methyl sites for hydroxylation is 3. The average Bonchev–Trinajstić information content (AvgIpc) is 2.84. The van der Waals surface area contributed by atoms with Crippen molar-refractivity contribution in [1.82, 2.24) is 25.2 Å². The van der Waals surface area contributed by atoms with Crippen LogP contribution in [-0.2, 0) is 20.0 Å². The van der Waals surface area contributed by atoms with Crippen molar-refractivity contribution >= 4 is 0 Å². The maximum atomic E-state index is 5.10. The van der Waals surface area contributed by atoms with E-state index in [0.717, 1.165) is 42.4 Å². The summed E-state index contributed by atoms with van der Waals surface area (Å²) in [5.41, 5.74) is 2.09. The Kier molecular flexibility index (Phi) is 3.53. The number of aromatic nitrogens is 4. The number of hydrogen-bond donors (Lipinski definition) is 1. The molecule has 1 N–H and O–H groups in total. The van der Waals surface area contributed by atoms with Crippen molar-refractivity contribution in [3.8, 4) is 0 Å². The van der Waals surface area contributed by atoms with Gasteiger partial charge in [0.15, 0.2) is 0 Å². The lowest BCUT2D eigenvalue weighted by atomic mass is 10.2. The molecular formula is C11H17N5O. The Morgan fingerprint density at radius 2 is 2.24 bits per heavy atom. The van der Waals surface area contributed by atoms with E-state index in [0.29, 0.717) is 0 Å². The standard InChI is InChI=1S/C11H17N5O/c1-8-10(9(2)17-15-8)6-12-5-4-11-14-13-7-16(11)3/h7,12H,4-6H2,1-3H3. The summed E-state index contributed by atoms with van der Waals surface area (Å²) in [6.07, 6.45) is 2.57. The molecule has 6 heteroatoms. The SMILES string of the molecule is Cc1noc(C)c1CNCCc1nncn1C. The number of hydrogen-bond acceptors (Lipinski definition) is 5. The number of nitrogens with one attached hydrogen (secondary N) is 1. The van der Waals surface area contributed by atoms with Crippen LogP contribution in [-0.4, -0.2) is 26.5 Å². The minimum atomic E-state index is 0.777. The number of nitrogens with zero attached hydrogens (tertiary/aromatic N) is 4. The van der Waals surface area contributed by atoms with Crippen molar-refractivity contribution in [2.75, 3.05) is 6.54 Å². The van der Waals surface area contributed by atoms with E-state index in [-0.39, 0.29) is 0 Å². The Balaban J connectivity index is 1.79. The van der Waals surface area contributed by atoms with Gasteiger partial charge >= 0.3 is 0 Å². The van der Waals surface area contributed by atoms with E-state index < -0.39 is 0 Å². The Bertz CT molecular complexity index is 468. The van der Waals surface area contributed by atoms with Gasteiger partial charge in [-0.15, -0.1) is 10.2 Å². The van der Waals surface area contributed by atoms with Gasteiger partial charge in [-0.2, -0.15) is 0 Å². The Hall–Kier alpha value is -1.69. The highest BCUT2D eigenvalue weighted by Crippen LogP contribution is 2.11. The average molecular weight is 235 g/mol. The molecule has 0 atom stereocenters. The van der Waals surface area contributed by atoms with E-state index >= 15 is 0 Å². The predicted molar refractivity (Wildman–Crippen MR) is 62.4 cm³/mol. The minimum Gasteiger partial charge on any atom is -0.361 e. The highest BCUT2D eigenvalue weighted by atomic mass is 16.5. The van der Waals surface area contributed by atoms with Gasteiger partial charge in [-0.05, 0) is 13.8 Å². The third-order valence-corrected chi connectivity index (χ3v) is 2.81. The van der Waals surface area contributed by atoms with E-state index in [2.05, 4.69) is 20.7 Å². The van der Waals surface area contributed by atoms with E-state index in [9.17, 15) is 0 Å². The minimum absolute atomic E-state index is 0.777. The highest BCUT2D eigenvalue weighted by molar-refractivity contribution is 5.20. The molecule has 6 nitrogen and oxygen atoms in total. The van der Waals surface area contributed by atoms with Crippen molar-refractivity contribution in [1.29, 1.82) is 0 Å². The topological polar surface area (TPSA) is 68.8 Å². The van der Waals surface area contributed by atoms with Gasteiger partial charge in [-0.3, -0.25) is 0 Å². The molecule has 0 aliphatic rings. The summed E-state index contributed by atoms with van der Waals surface area (Å²) in [5, 5.41) is 15.1. The Labute approximate surface area is 100 Å². The molecule has 0 bridgehead atoms. The van der Waals surface area contributed by atoms with Gasteiger partial charge in [0.25, 0.3) is 0 Å². The summed E-state index contributed by atoms with van der Waals surface area (Å²) in [7, 11) is 1.95. The molecule has 92 valence electrons. The summed E-state index contributed by atoms with van der Waals surface area (Å²) >= 11 is 0. The Morgan fingerprint density at radius 3 is 2.82 bits per heavy atom. The molecule has 0 fully saturated rings. The zero-order valence-corrected chi connectivity index (χ0v) is 10.4. The molecule has 0 spiro atoms. The fourth-order valence-corrected chi connectivity index (χ4v) is 1.70. The summed E-state index contributed by atoms with van der Waals surface area (Å²) < 4.78 is 7.03. The van der Waals surface area contributed by atoms with Crippen LogP contribution in [0.2, 0.25) is 0 Å². The molecule has 0 saturated heterocycles. The summed E-state index contributed by atoms with van der Waals surface area (Å²) in [4.78, 5) is 0. The summed E-state index contributed by atoms with van der Waals surface area (Å²) in [6, 6.07) is 0. The van der Waals surface area contributed by atoms with Crippen LogP contribution in [0.15, 0.2) is 10.9 Å². The zero-order chi connectivity index (χ0) is 12.3. The van der Waals surface area contributed by atoms with Gasteiger partial charge in [-0.25, -0.2) is 0 Å². The first-order valence-corrected chi connectivity index (χ1v) is 5.64. The van der Waals surface area contributed by atoms with Crippen molar-refractivity contribution in [2.24, 2.45) is 7.05 Å². The summed E-state index contributed by atoms with van der Waals surface area (Å²) in [6.45, 7) is 5.52. The van der Waals surface area contributed by atoms with Gasteiger partial charge < -0.3 is 14.4 Å². The first-order valence-electron chi connectivity index (χ1n) is 5.64. The fourth-order valence-electron chi connectivity index (χ4n) is 1.70. The molecule has 0 unspecified atom stereocenters. The van der Waals surface area contributed by atoms with Gasteiger partial charge in [0.05, 0.1) is 5.69 Å². The van der Waals surface area contributed by atoms with E-state index in [1.165, 1.54) is 0 Å². The summed E-state index contributed by atoms with van der Waals surface area (Å²) in [5.74, 6) is 1.87. The molecule has 0 saturated carbocycles. The molecule has 0 aliphatic carbocycles. The fraction of sp³-hybridized carbons (Fsp3) is 0.545. The van der Waals surface area contributed by atoms with Crippen LogP contribution in [0.4, 0.5) is 0 Å². The van der Waals surface area contributed by atoms with Gasteiger partial charge in [0.2, 0.25) is 0 Å². The second-order valence-corrected chi connectivity index (χ2v) is 4.09. The predicted octanol–water partition coefficient (Wildman–Crippen LogP) is 0.752. The second-order valence-electron chi connectivity index (χ2n) is 4.09. The van der Waals surface area contributed by atoms with Crippen molar-refractivity contribution in [3.63, 3.8) is 0 Å². The van der Waals surface area contributed by atoms with Crippen LogP contribution >= 0.6 is 0 Å². The molecule has 2 rings (SSSR count). The lowest BCUT2D eigenvalue weighted by molar-refractivity contribution is 0.392. The highest BCUT2D eigenvalue weighted by Gasteiger charge is 2.08. The van der Waals surface area contributed by atoms with Crippen LogP contribution in [0.3, 0.4) is 0 Å². The maximum Gasteiger partial charge on any atom is 0.138 e. The molecule has 0 radical (unpaired) electrons. The molecule has 2 aromatic rings. The van der Waals surface area contributed by atoms with E-state index in [4.69, 9.17) is 4.52 Å². The number of rotatable bonds is 5. The van der Waals surface area contributed by atoms with Crippen LogP contribution in [0, 0.1) is 13.8 Å². The lowest BCUT2D eigenvalue weighted by Crippen LogP contribution is -2.18. The van der Waals surface area contributed by atoms with Crippen LogP contribution in [0.1, 0.15) is 22.8 Å². The Morgan fingerprint density at radius 1 is 1.41 bits per heavy atom. The van der Waals surface area contributed by atoms with E-state index in [1.807, 2.05) is 25.5 Å². The second kappa shape index (κ2) is 5.09. The van der Waals surface area contributed by atoms with Crippen molar-refractivity contribution in [2.45, 2.75) is 26.8 Å². The van der Waals surface area contributed by atoms with Gasteiger partial charge in [-0.1, -0.05) is 5.16 Å². The normalized spacial score (nSPS) is 11.0. The van der Waals surface area contributed by atoms with Crippen LogP contribution in [0.25, 0.3) is 0 Å². The van der Waals surface area contributed by atoms with Crippen molar-refractivity contribution < 1.29 is 4.52 Å². The molecule has 2 heterocycles. The van der Waals surface area contributed by atoms with E-state index in [1.54, 1.807) is 6.33 Å². The van der Waals surface area contributed by atoms with Crippen molar-refractivity contribution in [3.05, 3.63) is 29.2 Å². The smallest absolute Gasteiger partial charge is 0.138 e. The molecular weight excluding hydrogens is 218 g/mol.